The maximum Gasteiger partial charge on any atom is 0.278 e. The second kappa shape index (κ2) is 45.8. The van der Waals surface area contributed by atoms with Crippen LogP contribution in [-0.2, 0) is 17.7 Å². The Bertz CT molecular complexity index is 2470. The van der Waals surface area contributed by atoms with Crippen molar-refractivity contribution in [3.05, 3.63) is 230 Å². The van der Waals surface area contributed by atoms with Crippen molar-refractivity contribution in [2.75, 3.05) is 34.0 Å². The van der Waals surface area contributed by atoms with Crippen LogP contribution >= 0.6 is 81.2 Å². The number of ketones is 1. The van der Waals surface area contributed by atoms with Crippen molar-refractivity contribution in [2.45, 2.75) is 48.1 Å². The largest absolute Gasteiger partial charge is 0.324 e. The van der Waals surface area contributed by atoms with E-state index in [1.54, 1.807) is 103 Å². The average Bonchev–Trinajstić information content (AvgIpc) is 3.37. The van der Waals surface area contributed by atoms with Crippen LogP contribution in [0.2, 0.25) is 20.1 Å². The van der Waals surface area contributed by atoms with Crippen LogP contribution in [0.25, 0.3) is 0 Å². The van der Waals surface area contributed by atoms with Crippen LogP contribution in [0.4, 0.5) is 0 Å². The number of nitrogens with two attached hydrogens (primary N) is 1. The molecule has 0 aliphatic carbocycles. The third kappa shape index (κ3) is 30.8. The second-order valence-electron chi connectivity index (χ2n) is 13.1. The molecule has 0 saturated carbocycles. The number of aryl methyl sites for hydroxylation is 1. The van der Waals surface area contributed by atoms with Crippen LogP contribution in [0.3, 0.4) is 0 Å². The summed E-state index contributed by atoms with van der Waals surface area (Å²) in [6.07, 6.45) is 14.5. The van der Waals surface area contributed by atoms with E-state index in [1.165, 1.54) is 45.1 Å². The first kappa shape index (κ1) is 73.5. The molecule has 18 heteroatoms. The number of nitrogens with zero attached hydrogens (tertiary/aromatic N) is 4. The monoisotopic (exact) mass is 1120 g/mol. The van der Waals surface area contributed by atoms with Gasteiger partial charge in [0.05, 0.1) is 33.3 Å². The number of hydrogen-bond donors (Lipinski definition) is 3. The fraction of sp³-hybridized carbons (Fsp3) is 0.222. The lowest BCUT2D eigenvalue weighted by atomic mass is 10.0. The lowest BCUT2D eigenvalue weighted by Crippen LogP contribution is -2.25. The maximum absolute atomic E-state index is 11.9. The van der Waals surface area contributed by atoms with Crippen LogP contribution in [0.5, 0.6) is 0 Å². The van der Waals surface area contributed by atoms with Gasteiger partial charge in [-0.05, 0) is 126 Å². The number of hydrogen-bond acceptors (Lipinski definition) is 10. The lowest BCUT2D eigenvalue weighted by molar-refractivity contribution is -0.0756. The number of nitrogens with one attached hydrogen (secondary N) is 1. The molecule has 0 fully saturated rings. The Balaban J connectivity index is -0.000000392. The molecule has 1 unspecified atom stereocenters. The van der Waals surface area contributed by atoms with E-state index in [2.05, 4.69) is 38.2 Å². The normalized spacial score (nSPS) is 9.32. The Morgan fingerprint density at radius 2 is 0.944 bits per heavy atom. The molecule has 4 aromatic carbocycles. The number of Topliss-reactive ketones (excluding diaryl/α,β-unsaturated/α-hetero) is 1. The van der Waals surface area contributed by atoms with E-state index < -0.39 is 5.24 Å². The Kier molecular flexibility index (Phi) is 46.8. The van der Waals surface area contributed by atoms with Crippen LogP contribution in [-0.4, -0.2) is 76.1 Å². The third-order valence-electron chi connectivity index (χ3n) is 8.39. The standard InChI is InChI=1S/C13H13ClN2.C13H10ClNO.C9H10ClNO2.C7H4Cl2O.C6H7N.2CH3Cl.CH5NO.3CH4/c14-12-4-2-1-3-11(12)13(15)9-10-5-7-16-8-6-10;14-12-4-2-1-3-11(12)13(16)9-10-5-7-15-8-6-10;1-11(13-2)9(12)7-5-3-4-6-8(7)10;8-6-4-2-1-3-5(6)7(9)10;1-6-2-4-7-5-3-6;2*1-2;1-2-3;;;/h1-8,13H,9,15H2;1-8H,9H2;3-6H,1-2H3;1-4H;2-5H,1H3;2*1H3;2-3H,1H3;3*1H4. The van der Waals surface area contributed by atoms with E-state index >= 15 is 0 Å². The van der Waals surface area contributed by atoms with Gasteiger partial charge in [0.2, 0.25) is 0 Å². The number of pyridine rings is 3. The van der Waals surface area contributed by atoms with E-state index in [0.717, 1.165) is 27.6 Å². The van der Waals surface area contributed by atoms with E-state index in [0.29, 0.717) is 38.2 Å². The lowest BCUT2D eigenvalue weighted by Gasteiger charge is -2.13. The number of benzene rings is 4. The zero-order chi connectivity index (χ0) is 52.0. The van der Waals surface area contributed by atoms with Gasteiger partial charge >= 0.3 is 0 Å². The van der Waals surface area contributed by atoms with E-state index in [-0.39, 0.29) is 40.0 Å². The predicted octanol–water partition coefficient (Wildman–Crippen LogP) is 15.4. The van der Waals surface area contributed by atoms with Gasteiger partial charge in [0.15, 0.2) is 5.78 Å². The number of aromatic nitrogens is 3. The first-order valence-electron chi connectivity index (χ1n) is 20.2. The van der Waals surface area contributed by atoms with Gasteiger partial charge in [-0.2, -0.15) is 0 Å². The summed E-state index contributed by atoms with van der Waals surface area (Å²) in [5.41, 5.74) is 13.6. The molecule has 72 heavy (non-hydrogen) atoms. The Morgan fingerprint density at radius 3 is 1.29 bits per heavy atom. The molecule has 4 N–H and O–H groups in total. The molecule has 0 aliphatic rings. The van der Waals surface area contributed by atoms with Gasteiger partial charge < -0.3 is 10.9 Å². The summed E-state index contributed by atoms with van der Waals surface area (Å²) in [7, 11) is 4.39. The predicted molar refractivity (Wildman–Crippen MR) is 306 cm³/mol. The zero-order valence-corrected chi connectivity index (χ0v) is 44.0. The Labute approximate surface area is 462 Å². The highest BCUT2D eigenvalue weighted by molar-refractivity contribution is 6.68. The van der Waals surface area contributed by atoms with Crippen LogP contribution < -0.4 is 11.2 Å². The quantitative estimate of drug-likeness (QED) is 0.0549. The molecule has 0 saturated heterocycles. The molecule has 1 amide bonds. The van der Waals surface area contributed by atoms with Gasteiger partial charge in [-0.3, -0.25) is 34.2 Å². The number of carbonyl (C=O) groups excluding carboxylic acids is 3. The Hall–Kier alpha value is -4.99. The van der Waals surface area contributed by atoms with Crippen molar-refractivity contribution >= 4 is 98.1 Å². The van der Waals surface area contributed by atoms with Gasteiger partial charge in [0.1, 0.15) is 0 Å². The number of hydroxylamine groups is 3. The van der Waals surface area contributed by atoms with Crippen molar-refractivity contribution in [2.24, 2.45) is 5.73 Å². The third-order valence-corrected chi connectivity index (χ3v) is 9.93. The van der Waals surface area contributed by atoms with Crippen LogP contribution in [0.1, 0.15) is 81.6 Å². The number of rotatable bonds is 9. The second-order valence-corrected chi connectivity index (χ2v) is 15.1. The molecule has 392 valence electrons. The highest BCUT2D eigenvalue weighted by Gasteiger charge is 2.14. The highest BCUT2D eigenvalue weighted by atomic mass is 35.5. The number of halogens is 7. The van der Waals surface area contributed by atoms with Gasteiger partial charge in [0.25, 0.3) is 11.1 Å². The van der Waals surface area contributed by atoms with Crippen molar-refractivity contribution in [3.63, 3.8) is 0 Å². The summed E-state index contributed by atoms with van der Waals surface area (Å²) in [4.78, 5) is 50.5. The highest BCUT2D eigenvalue weighted by Crippen LogP contribution is 2.24. The minimum Gasteiger partial charge on any atom is -0.324 e. The van der Waals surface area contributed by atoms with Gasteiger partial charge in [-0.25, -0.2) is 10.5 Å². The molecule has 0 spiro atoms. The molecule has 0 radical (unpaired) electrons. The number of alkyl halides is 2. The number of carbonyl (C=O) groups is 3. The SMILES string of the molecule is C.C.C.CCl.CCl.CNO.CON(C)C(=O)c1ccccc1Cl.Cc1ccncc1.NC(Cc1ccncc1)c1ccccc1Cl.O=C(Cc1ccncc1)c1ccccc1Cl.O=C(Cl)c1ccccc1Cl. The van der Waals surface area contributed by atoms with E-state index in [9.17, 15) is 14.4 Å². The molecular weight excluding hydrogens is 1060 g/mol. The summed E-state index contributed by atoms with van der Waals surface area (Å²) in [6.45, 7) is 2.04. The molecule has 7 aromatic rings. The summed E-state index contributed by atoms with van der Waals surface area (Å²) in [5, 5.41) is 9.97. The first-order chi connectivity index (χ1) is 33.2. The van der Waals surface area contributed by atoms with Crippen molar-refractivity contribution in [3.8, 4) is 0 Å². The average molecular weight is 1130 g/mol. The zero-order valence-electron chi connectivity index (χ0n) is 38.7. The molecule has 11 nitrogen and oxygen atoms in total. The minimum atomic E-state index is -0.523. The summed E-state index contributed by atoms with van der Waals surface area (Å²) in [6, 6.07) is 39.7. The van der Waals surface area contributed by atoms with Crippen molar-refractivity contribution in [1.82, 2.24) is 25.5 Å². The molecular formula is C54H67Cl7N6O5. The molecule has 3 heterocycles. The van der Waals surface area contributed by atoms with Gasteiger partial charge in [-0.15, -0.1) is 23.2 Å². The van der Waals surface area contributed by atoms with E-state index in [4.69, 9.17) is 73.8 Å². The Morgan fingerprint density at radius 1 is 0.597 bits per heavy atom. The summed E-state index contributed by atoms with van der Waals surface area (Å²) >= 11 is 37.9. The van der Waals surface area contributed by atoms with Crippen molar-refractivity contribution in [1.29, 1.82) is 0 Å². The van der Waals surface area contributed by atoms with E-state index in [1.807, 2.05) is 79.7 Å². The van der Waals surface area contributed by atoms with Crippen LogP contribution in [0.15, 0.2) is 171 Å². The van der Waals surface area contributed by atoms with Crippen LogP contribution in [0, 0.1) is 6.92 Å². The fourth-order valence-corrected chi connectivity index (χ4v) is 6.23. The maximum atomic E-state index is 11.9. The van der Waals surface area contributed by atoms with Gasteiger partial charge in [-0.1, -0.05) is 123 Å². The molecule has 1 atom stereocenters. The van der Waals surface area contributed by atoms with Crippen molar-refractivity contribution < 1.29 is 24.4 Å². The summed E-state index contributed by atoms with van der Waals surface area (Å²) in [5.74, 6) is -0.232. The fourth-order valence-electron chi connectivity index (χ4n) is 5.06. The molecule has 7 rings (SSSR count). The smallest absolute Gasteiger partial charge is 0.278 e. The number of amides is 1. The minimum absolute atomic E-state index is 0. The first-order valence-corrected chi connectivity index (χ1v) is 23.6. The summed E-state index contributed by atoms with van der Waals surface area (Å²) < 4.78 is 0. The van der Waals surface area contributed by atoms with Gasteiger partial charge in [0, 0.05) is 87.1 Å². The molecule has 0 aliphatic heterocycles. The molecule has 3 aromatic heterocycles. The molecule has 0 bridgehead atoms. The topological polar surface area (TPSA) is 161 Å².